The molecule has 0 aliphatic heterocycles. The molecular formula is C17H33Br. The summed E-state index contributed by atoms with van der Waals surface area (Å²) in [6, 6.07) is 0. The van der Waals surface area contributed by atoms with Crippen LogP contribution in [0.2, 0.25) is 0 Å². The van der Waals surface area contributed by atoms with Crippen molar-refractivity contribution in [1.82, 2.24) is 0 Å². The first-order chi connectivity index (χ1) is 8.77. The molecular weight excluding hydrogens is 284 g/mol. The third-order valence-electron chi connectivity index (χ3n) is 4.62. The summed E-state index contributed by atoms with van der Waals surface area (Å²) >= 11 is 3.93. The zero-order valence-electron chi connectivity index (χ0n) is 12.6. The minimum absolute atomic E-state index is 0.821. The molecule has 18 heavy (non-hydrogen) atoms. The molecule has 0 heterocycles. The SMILES string of the molecule is CCCCCCCCC1CC(CCC)CCC1Br. The van der Waals surface area contributed by atoms with Crippen LogP contribution in [0, 0.1) is 11.8 Å². The van der Waals surface area contributed by atoms with Crippen LogP contribution in [-0.2, 0) is 0 Å². The number of hydrogen-bond donors (Lipinski definition) is 0. The first-order valence-electron chi connectivity index (χ1n) is 8.42. The fourth-order valence-electron chi connectivity index (χ4n) is 3.48. The molecule has 108 valence electrons. The van der Waals surface area contributed by atoms with Crippen molar-refractivity contribution in [3.8, 4) is 0 Å². The largest absolute Gasteiger partial charge is 0.0888 e. The molecule has 1 rings (SSSR count). The quantitative estimate of drug-likeness (QED) is 0.327. The van der Waals surface area contributed by atoms with Gasteiger partial charge in [-0.15, -0.1) is 0 Å². The molecule has 0 bridgehead atoms. The van der Waals surface area contributed by atoms with E-state index in [0.29, 0.717) is 0 Å². The Morgan fingerprint density at radius 1 is 0.833 bits per heavy atom. The van der Waals surface area contributed by atoms with Crippen molar-refractivity contribution >= 4 is 15.9 Å². The highest BCUT2D eigenvalue weighted by Crippen LogP contribution is 2.38. The van der Waals surface area contributed by atoms with Crippen LogP contribution in [0.1, 0.15) is 90.9 Å². The molecule has 3 atom stereocenters. The van der Waals surface area contributed by atoms with Gasteiger partial charge >= 0.3 is 0 Å². The zero-order chi connectivity index (χ0) is 13.2. The van der Waals surface area contributed by atoms with Crippen LogP contribution < -0.4 is 0 Å². The second-order valence-electron chi connectivity index (χ2n) is 6.30. The van der Waals surface area contributed by atoms with Crippen molar-refractivity contribution in [3.05, 3.63) is 0 Å². The van der Waals surface area contributed by atoms with Gasteiger partial charge in [0.05, 0.1) is 0 Å². The predicted octanol–water partition coefficient (Wildman–Crippen LogP) is 6.72. The molecule has 0 aromatic rings. The average Bonchev–Trinajstić information content (AvgIpc) is 2.37. The number of alkyl halides is 1. The highest BCUT2D eigenvalue weighted by atomic mass is 79.9. The van der Waals surface area contributed by atoms with Crippen LogP contribution in [0.25, 0.3) is 0 Å². The van der Waals surface area contributed by atoms with E-state index >= 15 is 0 Å². The number of hydrogen-bond acceptors (Lipinski definition) is 0. The third-order valence-corrected chi connectivity index (χ3v) is 5.83. The smallest absolute Gasteiger partial charge is 0.0174 e. The summed E-state index contributed by atoms with van der Waals surface area (Å²) in [5, 5.41) is 0. The number of rotatable bonds is 9. The van der Waals surface area contributed by atoms with Gasteiger partial charge in [-0.1, -0.05) is 81.1 Å². The molecule has 1 aliphatic rings. The van der Waals surface area contributed by atoms with E-state index in [1.165, 1.54) is 77.0 Å². The standard InChI is InChI=1S/C17H33Br/c1-3-5-6-7-8-9-11-16-14-15(10-4-2)12-13-17(16)18/h15-17H,3-14H2,1-2H3. The minimum atomic E-state index is 0.821. The summed E-state index contributed by atoms with van der Waals surface area (Å²) in [7, 11) is 0. The fraction of sp³-hybridized carbons (Fsp3) is 1.00. The monoisotopic (exact) mass is 316 g/mol. The van der Waals surface area contributed by atoms with Gasteiger partial charge in [-0.2, -0.15) is 0 Å². The van der Waals surface area contributed by atoms with Gasteiger partial charge in [-0.25, -0.2) is 0 Å². The van der Waals surface area contributed by atoms with Gasteiger partial charge in [0.2, 0.25) is 0 Å². The Balaban J connectivity index is 2.10. The molecule has 1 saturated carbocycles. The van der Waals surface area contributed by atoms with E-state index in [9.17, 15) is 0 Å². The lowest BCUT2D eigenvalue weighted by atomic mass is 9.77. The lowest BCUT2D eigenvalue weighted by molar-refractivity contribution is 0.249. The number of halogens is 1. The van der Waals surface area contributed by atoms with Gasteiger partial charge in [0.25, 0.3) is 0 Å². The Morgan fingerprint density at radius 3 is 2.28 bits per heavy atom. The van der Waals surface area contributed by atoms with Crippen molar-refractivity contribution < 1.29 is 0 Å². The van der Waals surface area contributed by atoms with Gasteiger partial charge in [-0.05, 0) is 37.5 Å². The van der Waals surface area contributed by atoms with E-state index in [0.717, 1.165) is 16.7 Å². The van der Waals surface area contributed by atoms with Gasteiger partial charge in [-0.3, -0.25) is 0 Å². The summed E-state index contributed by atoms with van der Waals surface area (Å²) in [6.07, 6.45) is 17.4. The summed E-state index contributed by atoms with van der Waals surface area (Å²) in [6.45, 7) is 4.63. The maximum atomic E-state index is 3.93. The summed E-state index contributed by atoms with van der Waals surface area (Å²) < 4.78 is 0. The Morgan fingerprint density at radius 2 is 1.56 bits per heavy atom. The molecule has 0 saturated heterocycles. The fourth-order valence-corrected chi connectivity index (χ4v) is 4.22. The first-order valence-corrected chi connectivity index (χ1v) is 9.33. The van der Waals surface area contributed by atoms with Crippen LogP contribution >= 0.6 is 15.9 Å². The Kier molecular flexibility index (Phi) is 9.45. The maximum absolute atomic E-state index is 3.93. The molecule has 0 spiro atoms. The molecule has 1 fully saturated rings. The van der Waals surface area contributed by atoms with E-state index in [-0.39, 0.29) is 0 Å². The van der Waals surface area contributed by atoms with E-state index in [2.05, 4.69) is 29.8 Å². The van der Waals surface area contributed by atoms with Gasteiger partial charge in [0.15, 0.2) is 0 Å². The summed E-state index contributed by atoms with van der Waals surface area (Å²) in [5.41, 5.74) is 0. The van der Waals surface area contributed by atoms with E-state index in [1.807, 2.05) is 0 Å². The molecule has 0 nitrogen and oxygen atoms in total. The Labute approximate surface area is 123 Å². The maximum Gasteiger partial charge on any atom is 0.0174 e. The van der Waals surface area contributed by atoms with Gasteiger partial charge in [0.1, 0.15) is 0 Å². The highest BCUT2D eigenvalue weighted by molar-refractivity contribution is 9.09. The average molecular weight is 317 g/mol. The molecule has 0 aromatic heterocycles. The predicted molar refractivity (Wildman–Crippen MR) is 86.4 cm³/mol. The van der Waals surface area contributed by atoms with Crippen LogP contribution in [0.3, 0.4) is 0 Å². The molecule has 0 N–H and O–H groups in total. The highest BCUT2D eigenvalue weighted by Gasteiger charge is 2.27. The van der Waals surface area contributed by atoms with Gasteiger partial charge in [0, 0.05) is 4.83 Å². The normalized spacial score (nSPS) is 28.5. The van der Waals surface area contributed by atoms with Crippen molar-refractivity contribution in [1.29, 1.82) is 0 Å². The van der Waals surface area contributed by atoms with E-state index in [4.69, 9.17) is 0 Å². The lowest BCUT2D eigenvalue weighted by Crippen LogP contribution is -2.25. The molecule has 0 radical (unpaired) electrons. The van der Waals surface area contributed by atoms with Crippen LogP contribution in [-0.4, -0.2) is 4.83 Å². The summed E-state index contributed by atoms with van der Waals surface area (Å²) in [4.78, 5) is 0.821. The van der Waals surface area contributed by atoms with Crippen LogP contribution in [0.4, 0.5) is 0 Å². The second kappa shape index (κ2) is 10.3. The Hall–Kier alpha value is 0.480. The molecule has 0 aromatic carbocycles. The molecule has 0 amide bonds. The van der Waals surface area contributed by atoms with Gasteiger partial charge < -0.3 is 0 Å². The first kappa shape index (κ1) is 16.5. The second-order valence-corrected chi connectivity index (χ2v) is 7.48. The molecule has 1 heteroatoms. The minimum Gasteiger partial charge on any atom is -0.0888 e. The van der Waals surface area contributed by atoms with E-state index < -0.39 is 0 Å². The van der Waals surface area contributed by atoms with Crippen molar-refractivity contribution in [3.63, 3.8) is 0 Å². The van der Waals surface area contributed by atoms with Crippen molar-refractivity contribution in [2.45, 2.75) is 95.7 Å². The topological polar surface area (TPSA) is 0 Å². The van der Waals surface area contributed by atoms with Crippen molar-refractivity contribution in [2.24, 2.45) is 11.8 Å². The number of unbranched alkanes of at least 4 members (excludes halogenated alkanes) is 5. The molecule has 3 unspecified atom stereocenters. The zero-order valence-corrected chi connectivity index (χ0v) is 14.2. The van der Waals surface area contributed by atoms with Crippen molar-refractivity contribution in [2.75, 3.05) is 0 Å². The van der Waals surface area contributed by atoms with Crippen LogP contribution in [0.5, 0.6) is 0 Å². The lowest BCUT2D eigenvalue weighted by Gasteiger charge is -2.33. The van der Waals surface area contributed by atoms with Crippen LogP contribution in [0.15, 0.2) is 0 Å². The Bertz CT molecular complexity index is 190. The van der Waals surface area contributed by atoms with E-state index in [1.54, 1.807) is 0 Å². The molecule has 1 aliphatic carbocycles. The third kappa shape index (κ3) is 6.59. The summed E-state index contributed by atoms with van der Waals surface area (Å²) in [5.74, 6) is 2.01.